The average molecular weight is 376 g/mol. The first kappa shape index (κ1) is 17.2. The monoisotopic (exact) mass is 375 g/mol. The van der Waals surface area contributed by atoms with Crippen molar-refractivity contribution in [3.05, 3.63) is 5.01 Å². The van der Waals surface area contributed by atoms with Crippen LogP contribution in [0.25, 0.3) is 0 Å². The maximum absolute atomic E-state index is 12.8. The Morgan fingerprint density at radius 2 is 2.00 bits per heavy atom. The lowest BCUT2D eigenvalue weighted by Crippen LogP contribution is -2.47. The van der Waals surface area contributed by atoms with Gasteiger partial charge < -0.3 is 4.90 Å². The summed E-state index contributed by atoms with van der Waals surface area (Å²) in [6.45, 7) is 1.89. The molecule has 0 spiro atoms. The molecule has 0 radical (unpaired) electrons. The molecule has 2 fully saturated rings. The predicted molar refractivity (Wildman–Crippen MR) is 91.5 cm³/mol. The van der Waals surface area contributed by atoms with Gasteiger partial charge in [-0.15, -0.1) is 10.2 Å². The van der Waals surface area contributed by atoms with Gasteiger partial charge in [0.15, 0.2) is 14.2 Å². The fourth-order valence-corrected chi connectivity index (χ4v) is 6.81. The van der Waals surface area contributed by atoms with Crippen LogP contribution in [0.4, 0.5) is 0 Å². The van der Waals surface area contributed by atoms with Gasteiger partial charge in [-0.25, -0.2) is 8.42 Å². The zero-order chi connectivity index (χ0) is 16.4. The average Bonchev–Trinajstić information content (AvgIpc) is 3.20. The number of nitrogens with zero attached hydrogens (tertiary/aromatic N) is 3. The molecule has 1 aromatic heterocycles. The van der Waals surface area contributed by atoms with Crippen molar-refractivity contribution in [3.8, 4) is 0 Å². The molecule has 3 rings (SSSR count). The zero-order valence-electron chi connectivity index (χ0n) is 13.1. The summed E-state index contributed by atoms with van der Waals surface area (Å²) in [5, 5.41) is 8.87. The van der Waals surface area contributed by atoms with Crippen molar-refractivity contribution in [2.24, 2.45) is 0 Å². The second kappa shape index (κ2) is 7.06. The lowest BCUT2D eigenvalue weighted by molar-refractivity contribution is -0.132. The van der Waals surface area contributed by atoms with Crippen LogP contribution in [0.15, 0.2) is 4.34 Å². The number of rotatable bonds is 5. The summed E-state index contributed by atoms with van der Waals surface area (Å²) in [6, 6.07) is 0.0601. The molecular formula is C14H21N3O3S3. The summed E-state index contributed by atoms with van der Waals surface area (Å²) < 4.78 is 24.4. The maximum Gasteiger partial charge on any atom is 0.233 e. The Balaban J connectivity index is 1.68. The first-order valence-corrected chi connectivity index (χ1v) is 11.5. The summed E-state index contributed by atoms with van der Waals surface area (Å²) in [5.41, 5.74) is 0. The van der Waals surface area contributed by atoms with Crippen LogP contribution in [-0.4, -0.2) is 58.8 Å². The van der Waals surface area contributed by atoms with Crippen molar-refractivity contribution in [2.45, 2.75) is 55.5 Å². The smallest absolute Gasteiger partial charge is 0.233 e. The molecule has 1 aliphatic heterocycles. The van der Waals surface area contributed by atoms with Crippen molar-refractivity contribution in [3.63, 3.8) is 0 Å². The van der Waals surface area contributed by atoms with Crippen molar-refractivity contribution in [1.29, 1.82) is 0 Å². The molecule has 1 amide bonds. The number of aryl methyl sites for hydroxylation is 1. The molecule has 1 aromatic rings. The number of hydrogen-bond donors (Lipinski definition) is 0. The number of aromatic nitrogens is 2. The third kappa shape index (κ3) is 4.24. The zero-order valence-corrected chi connectivity index (χ0v) is 15.6. The fourth-order valence-electron chi connectivity index (χ4n) is 3.42. The molecule has 1 saturated heterocycles. The molecule has 2 heterocycles. The summed E-state index contributed by atoms with van der Waals surface area (Å²) in [5.74, 6) is 0.674. The van der Waals surface area contributed by atoms with Crippen molar-refractivity contribution in [2.75, 3.05) is 17.3 Å². The molecule has 1 atom stereocenters. The van der Waals surface area contributed by atoms with Crippen LogP contribution in [-0.2, 0) is 14.6 Å². The molecule has 2 aliphatic rings. The van der Waals surface area contributed by atoms with E-state index in [9.17, 15) is 13.2 Å². The molecular weight excluding hydrogens is 354 g/mol. The first-order valence-electron chi connectivity index (χ1n) is 7.89. The van der Waals surface area contributed by atoms with Crippen molar-refractivity contribution in [1.82, 2.24) is 15.1 Å². The van der Waals surface area contributed by atoms with E-state index in [4.69, 9.17) is 0 Å². The van der Waals surface area contributed by atoms with E-state index in [1.54, 1.807) is 0 Å². The van der Waals surface area contributed by atoms with Crippen LogP contribution in [0, 0.1) is 6.92 Å². The Kier molecular flexibility index (Phi) is 5.27. The predicted octanol–water partition coefficient (Wildman–Crippen LogP) is 1.90. The Morgan fingerprint density at radius 3 is 2.57 bits per heavy atom. The fraction of sp³-hybridized carbons (Fsp3) is 0.786. The molecule has 9 heteroatoms. The normalized spacial score (nSPS) is 24.1. The van der Waals surface area contributed by atoms with Crippen LogP contribution >= 0.6 is 23.1 Å². The van der Waals surface area contributed by atoms with Gasteiger partial charge >= 0.3 is 0 Å². The van der Waals surface area contributed by atoms with E-state index in [1.165, 1.54) is 23.1 Å². The number of hydrogen-bond acceptors (Lipinski definition) is 7. The van der Waals surface area contributed by atoms with Crippen molar-refractivity contribution >= 4 is 38.8 Å². The third-order valence-corrected chi connectivity index (χ3v) is 8.14. The Labute approximate surface area is 145 Å². The third-order valence-electron chi connectivity index (χ3n) is 4.43. The lowest BCUT2D eigenvalue weighted by Gasteiger charge is -2.34. The molecule has 23 heavy (non-hydrogen) atoms. The second-order valence-corrected chi connectivity index (χ2v) is 10.8. The van der Waals surface area contributed by atoms with Gasteiger partial charge in [-0.05, 0) is 26.2 Å². The number of carbonyl (C=O) groups excluding carboxylic acids is 1. The van der Waals surface area contributed by atoms with E-state index in [0.29, 0.717) is 12.2 Å². The highest BCUT2D eigenvalue weighted by Crippen LogP contribution is 2.30. The summed E-state index contributed by atoms with van der Waals surface area (Å²) in [6.07, 6.45) is 4.80. The summed E-state index contributed by atoms with van der Waals surface area (Å²) >= 11 is 2.88. The van der Waals surface area contributed by atoms with Crippen LogP contribution in [0.3, 0.4) is 0 Å². The molecule has 0 unspecified atom stereocenters. The summed E-state index contributed by atoms with van der Waals surface area (Å²) in [7, 11) is -2.99. The van der Waals surface area contributed by atoms with Gasteiger partial charge in [0.25, 0.3) is 0 Å². The van der Waals surface area contributed by atoms with E-state index in [1.807, 2.05) is 11.8 Å². The minimum Gasteiger partial charge on any atom is -0.335 e. The number of carbonyl (C=O) groups is 1. The SMILES string of the molecule is Cc1nnc(SCC(=O)N(C2CCCC2)[C@@H]2CCS(=O)(=O)C2)s1. The van der Waals surface area contributed by atoms with Crippen LogP contribution in [0.2, 0.25) is 0 Å². The van der Waals surface area contributed by atoms with Gasteiger partial charge in [0.05, 0.1) is 17.3 Å². The van der Waals surface area contributed by atoms with Gasteiger partial charge in [0.2, 0.25) is 5.91 Å². The minimum atomic E-state index is -2.99. The van der Waals surface area contributed by atoms with Crippen LogP contribution in [0.5, 0.6) is 0 Å². The topological polar surface area (TPSA) is 80.2 Å². The van der Waals surface area contributed by atoms with Gasteiger partial charge in [-0.2, -0.15) is 0 Å². The van der Waals surface area contributed by atoms with Crippen LogP contribution in [0.1, 0.15) is 37.1 Å². The van der Waals surface area contributed by atoms with Gasteiger partial charge in [0, 0.05) is 12.1 Å². The van der Waals surface area contributed by atoms with E-state index < -0.39 is 9.84 Å². The molecule has 1 saturated carbocycles. The summed E-state index contributed by atoms with van der Waals surface area (Å²) in [4.78, 5) is 14.7. The molecule has 128 valence electrons. The quantitative estimate of drug-likeness (QED) is 0.731. The standard InChI is InChI=1S/C14H21N3O3S3/c1-10-15-16-14(22-10)21-8-13(18)17(11-4-2-3-5-11)12-6-7-23(19,20)9-12/h11-12H,2-9H2,1H3/t12-/m1/s1. The number of thioether (sulfide) groups is 1. The van der Waals surface area contributed by atoms with Gasteiger partial charge in [-0.3, -0.25) is 4.79 Å². The highest BCUT2D eigenvalue weighted by Gasteiger charge is 2.38. The molecule has 0 N–H and O–H groups in total. The Hall–Kier alpha value is -0.670. The minimum absolute atomic E-state index is 0.0388. The number of amides is 1. The second-order valence-electron chi connectivity index (χ2n) is 6.17. The van der Waals surface area contributed by atoms with E-state index in [0.717, 1.165) is 35.0 Å². The van der Waals surface area contributed by atoms with Crippen molar-refractivity contribution < 1.29 is 13.2 Å². The molecule has 0 aromatic carbocycles. The van der Waals surface area contributed by atoms with E-state index in [-0.39, 0.29) is 29.5 Å². The van der Waals surface area contributed by atoms with E-state index >= 15 is 0 Å². The largest absolute Gasteiger partial charge is 0.335 e. The molecule has 6 nitrogen and oxygen atoms in total. The Morgan fingerprint density at radius 1 is 1.26 bits per heavy atom. The van der Waals surface area contributed by atoms with Gasteiger partial charge in [0.1, 0.15) is 5.01 Å². The highest BCUT2D eigenvalue weighted by molar-refractivity contribution is 8.01. The van der Waals surface area contributed by atoms with E-state index in [2.05, 4.69) is 10.2 Å². The highest BCUT2D eigenvalue weighted by atomic mass is 32.2. The first-order chi connectivity index (χ1) is 10.9. The van der Waals surface area contributed by atoms with Crippen LogP contribution < -0.4 is 0 Å². The maximum atomic E-state index is 12.8. The molecule has 1 aliphatic carbocycles. The number of sulfone groups is 1. The van der Waals surface area contributed by atoms with Gasteiger partial charge in [-0.1, -0.05) is 35.9 Å². The lowest BCUT2D eigenvalue weighted by atomic mass is 10.1. The Bertz CT molecular complexity index is 668. The molecule has 0 bridgehead atoms.